The van der Waals surface area contributed by atoms with E-state index in [0.717, 1.165) is 41.6 Å². The maximum absolute atomic E-state index is 12.4. The highest BCUT2D eigenvalue weighted by Crippen LogP contribution is 2.30. The summed E-state index contributed by atoms with van der Waals surface area (Å²) in [5.41, 5.74) is 1.55. The normalized spacial score (nSPS) is 15.1. The lowest BCUT2D eigenvalue weighted by molar-refractivity contribution is -0.120. The molecule has 1 saturated carbocycles. The number of nitrogens with zero attached hydrogens (tertiary/aromatic N) is 1. The van der Waals surface area contributed by atoms with E-state index < -0.39 is 0 Å². The van der Waals surface area contributed by atoms with Crippen LogP contribution in [0.25, 0.3) is 10.2 Å². The summed E-state index contributed by atoms with van der Waals surface area (Å²) in [5, 5.41) is 8.37. The number of thiazole rings is 1. The smallest absolute Gasteiger partial charge is 0.265 e. The van der Waals surface area contributed by atoms with Gasteiger partial charge in [-0.25, -0.2) is 4.98 Å². The molecule has 0 spiro atoms. The van der Waals surface area contributed by atoms with Gasteiger partial charge in [-0.3, -0.25) is 9.59 Å². The van der Waals surface area contributed by atoms with Gasteiger partial charge in [0, 0.05) is 11.6 Å². The predicted molar refractivity (Wildman–Crippen MR) is 107 cm³/mol. The molecule has 134 valence electrons. The number of hydrogen-bond acceptors (Lipinski definition) is 5. The average Bonchev–Trinajstić information content (AvgIpc) is 3.31. The van der Waals surface area contributed by atoms with E-state index in [1.54, 1.807) is 6.07 Å². The molecule has 0 atom stereocenters. The summed E-state index contributed by atoms with van der Waals surface area (Å²) in [4.78, 5) is 29.7. The Labute approximate surface area is 159 Å². The minimum Gasteiger partial charge on any atom is -0.321 e. The molecule has 0 bridgehead atoms. The van der Waals surface area contributed by atoms with Gasteiger partial charge in [-0.1, -0.05) is 36.7 Å². The fourth-order valence-electron chi connectivity index (χ4n) is 3.23. The minimum absolute atomic E-state index is 0.0787. The predicted octanol–water partition coefficient (Wildman–Crippen LogP) is 5.13. The summed E-state index contributed by atoms with van der Waals surface area (Å²) >= 11 is 2.85. The standard InChI is InChI=1S/C19H19N3O2S2/c23-17(12-5-2-1-3-6-12)22-19-21-14-9-8-13(11-16(14)26-19)20-18(24)15-7-4-10-25-15/h4,7-12H,1-3,5-6H2,(H,20,24)(H,21,22,23). The molecule has 1 aromatic carbocycles. The Morgan fingerprint density at radius 1 is 1.08 bits per heavy atom. The van der Waals surface area contributed by atoms with E-state index in [2.05, 4.69) is 15.6 Å². The Kier molecular flexibility index (Phi) is 4.99. The van der Waals surface area contributed by atoms with Crippen LogP contribution >= 0.6 is 22.7 Å². The van der Waals surface area contributed by atoms with E-state index in [4.69, 9.17) is 0 Å². The zero-order valence-electron chi connectivity index (χ0n) is 14.2. The zero-order valence-corrected chi connectivity index (χ0v) is 15.8. The maximum atomic E-state index is 12.4. The Morgan fingerprint density at radius 2 is 1.92 bits per heavy atom. The van der Waals surface area contributed by atoms with Crippen molar-refractivity contribution in [3.05, 3.63) is 40.6 Å². The first kappa shape index (κ1) is 17.2. The van der Waals surface area contributed by atoms with Crippen LogP contribution in [-0.4, -0.2) is 16.8 Å². The number of thiophene rings is 1. The van der Waals surface area contributed by atoms with Crippen LogP contribution in [0.5, 0.6) is 0 Å². The molecule has 0 unspecified atom stereocenters. The summed E-state index contributed by atoms with van der Waals surface area (Å²) < 4.78 is 0.938. The van der Waals surface area contributed by atoms with Crippen LogP contribution in [0, 0.1) is 5.92 Å². The largest absolute Gasteiger partial charge is 0.321 e. The van der Waals surface area contributed by atoms with Crippen molar-refractivity contribution in [2.45, 2.75) is 32.1 Å². The SMILES string of the molecule is O=C(Nc1ccc2nc(NC(=O)C3CCCCC3)sc2c1)c1cccs1. The molecule has 3 aromatic rings. The number of aromatic nitrogens is 1. The van der Waals surface area contributed by atoms with Crippen molar-refractivity contribution in [2.75, 3.05) is 10.6 Å². The number of carbonyl (C=O) groups is 2. The molecule has 1 aliphatic carbocycles. The molecule has 1 fully saturated rings. The van der Waals surface area contributed by atoms with Crippen molar-refractivity contribution in [3.63, 3.8) is 0 Å². The van der Waals surface area contributed by atoms with E-state index in [-0.39, 0.29) is 17.7 Å². The van der Waals surface area contributed by atoms with Crippen molar-refractivity contribution in [3.8, 4) is 0 Å². The van der Waals surface area contributed by atoms with E-state index in [1.807, 2.05) is 29.6 Å². The van der Waals surface area contributed by atoms with Gasteiger partial charge in [0.25, 0.3) is 5.91 Å². The minimum atomic E-state index is -0.116. The summed E-state index contributed by atoms with van der Waals surface area (Å²) in [6.45, 7) is 0. The topological polar surface area (TPSA) is 71.1 Å². The second kappa shape index (κ2) is 7.55. The van der Waals surface area contributed by atoms with Crippen molar-refractivity contribution in [2.24, 2.45) is 5.92 Å². The Bertz CT molecular complexity index is 928. The number of fused-ring (bicyclic) bond motifs is 1. The molecule has 7 heteroatoms. The quantitative estimate of drug-likeness (QED) is 0.654. The van der Waals surface area contributed by atoms with Gasteiger partial charge in [-0.05, 0) is 42.5 Å². The highest BCUT2D eigenvalue weighted by atomic mass is 32.1. The molecule has 2 aromatic heterocycles. The van der Waals surface area contributed by atoms with Gasteiger partial charge in [0.15, 0.2) is 5.13 Å². The molecule has 0 saturated heterocycles. The van der Waals surface area contributed by atoms with Crippen LogP contribution in [0.15, 0.2) is 35.7 Å². The lowest BCUT2D eigenvalue weighted by atomic mass is 9.89. The van der Waals surface area contributed by atoms with Gasteiger partial charge in [-0.2, -0.15) is 0 Å². The third-order valence-corrected chi connectivity index (χ3v) is 6.40. The lowest BCUT2D eigenvalue weighted by Gasteiger charge is -2.19. The van der Waals surface area contributed by atoms with Crippen LogP contribution in [-0.2, 0) is 4.79 Å². The van der Waals surface area contributed by atoms with Crippen LogP contribution in [0.1, 0.15) is 41.8 Å². The molecule has 0 aliphatic heterocycles. The van der Waals surface area contributed by atoms with Gasteiger partial charge in [0.2, 0.25) is 5.91 Å². The van der Waals surface area contributed by atoms with Crippen molar-refractivity contribution in [1.29, 1.82) is 0 Å². The van der Waals surface area contributed by atoms with Gasteiger partial charge in [0.1, 0.15) is 0 Å². The number of carbonyl (C=O) groups excluding carboxylic acids is 2. The van der Waals surface area contributed by atoms with E-state index in [0.29, 0.717) is 10.0 Å². The molecular weight excluding hydrogens is 366 g/mol. The van der Waals surface area contributed by atoms with Crippen molar-refractivity contribution < 1.29 is 9.59 Å². The van der Waals surface area contributed by atoms with Gasteiger partial charge >= 0.3 is 0 Å². The number of amides is 2. The number of rotatable bonds is 4. The maximum Gasteiger partial charge on any atom is 0.265 e. The molecule has 5 nitrogen and oxygen atoms in total. The molecule has 0 radical (unpaired) electrons. The second-order valence-corrected chi connectivity index (χ2v) is 8.44. The Hall–Kier alpha value is -2.25. The molecule has 1 aliphatic rings. The highest BCUT2D eigenvalue weighted by molar-refractivity contribution is 7.22. The van der Waals surface area contributed by atoms with Crippen molar-refractivity contribution in [1.82, 2.24) is 4.98 Å². The fraction of sp³-hybridized carbons (Fsp3) is 0.316. The number of hydrogen-bond donors (Lipinski definition) is 2. The van der Waals surface area contributed by atoms with E-state index in [9.17, 15) is 9.59 Å². The summed E-state index contributed by atoms with van der Waals surface area (Å²) in [7, 11) is 0. The lowest BCUT2D eigenvalue weighted by Crippen LogP contribution is -2.24. The highest BCUT2D eigenvalue weighted by Gasteiger charge is 2.22. The van der Waals surface area contributed by atoms with Crippen LogP contribution in [0.3, 0.4) is 0 Å². The third-order valence-electron chi connectivity index (χ3n) is 4.60. The van der Waals surface area contributed by atoms with Crippen molar-refractivity contribution >= 4 is 55.5 Å². The molecular formula is C19H19N3O2S2. The van der Waals surface area contributed by atoms with Crippen LogP contribution in [0.2, 0.25) is 0 Å². The number of nitrogens with one attached hydrogen (secondary N) is 2. The Morgan fingerprint density at radius 3 is 2.69 bits per heavy atom. The first-order chi connectivity index (χ1) is 12.7. The second-order valence-electron chi connectivity index (χ2n) is 6.46. The summed E-state index contributed by atoms with van der Waals surface area (Å²) in [6, 6.07) is 9.25. The number of anilines is 2. The summed E-state index contributed by atoms with van der Waals surface area (Å²) in [5.74, 6) is 0.0704. The van der Waals surface area contributed by atoms with E-state index in [1.165, 1.54) is 29.1 Å². The average molecular weight is 386 g/mol. The first-order valence-corrected chi connectivity index (χ1v) is 10.4. The molecule has 26 heavy (non-hydrogen) atoms. The summed E-state index contributed by atoms with van der Waals surface area (Å²) in [6.07, 6.45) is 5.42. The third kappa shape index (κ3) is 3.78. The zero-order chi connectivity index (χ0) is 17.9. The van der Waals surface area contributed by atoms with Crippen LogP contribution in [0.4, 0.5) is 10.8 Å². The first-order valence-electron chi connectivity index (χ1n) is 8.75. The molecule has 4 rings (SSSR count). The van der Waals surface area contributed by atoms with E-state index >= 15 is 0 Å². The number of benzene rings is 1. The fourth-order valence-corrected chi connectivity index (χ4v) is 4.76. The van der Waals surface area contributed by atoms with Gasteiger partial charge in [0.05, 0.1) is 15.1 Å². The molecule has 2 amide bonds. The molecule has 2 heterocycles. The van der Waals surface area contributed by atoms with Gasteiger partial charge < -0.3 is 10.6 Å². The molecule has 2 N–H and O–H groups in total. The Balaban J connectivity index is 1.47. The van der Waals surface area contributed by atoms with Crippen LogP contribution < -0.4 is 10.6 Å². The monoisotopic (exact) mass is 385 g/mol. The van der Waals surface area contributed by atoms with Gasteiger partial charge in [-0.15, -0.1) is 11.3 Å².